The normalized spacial score (nSPS) is 20.7. The molecule has 1 fully saturated rings. The quantitative estimate of drug-likeness (QED) is 0.362. The van der Waals surface area contributed by atoms with Crippen molar-refractivity contribution in [3.8, 4) is 0 Å². The van der Waals surface area contributed by atoms with E-state index in [1.54, 1.807) is 24.3 Å². The molecule has 0 unspecified atom stereocenters. The summed E-state index contributed by atoms with van der Waals surface area (Å²) in [6.45, 7) is 12.7. The first-order valence-electron chi connectivity index (χ1n) is 9.43. The number of carbonyl (C=O) groups excluding carboxylic acids is 2. The van der Waals surface area contributed by atoms with Crippen molar-refractivity contribution in [2.75, 3.05) is 5.32 Å². The molecular formula is C20H30N2O5Si. The Morgan fingerprint density at radius 2 is 1.82 bits per heavy atom. The molecule has 28 heavy (non-hydrogen) atoms. The Balaban J connectivity index is 2.01. The zero-order valence-electron chi connectivity index (χ0n) is 17.3. The number of hydrogen-bond acceptors (Lipinski definition) is 4. The van der Waals surface area contributed by atoms with E-state index in [1.807, 2.05) is 6.92 Å². The summed E-state index contributed by atoms with van der Waals surface area (Å²) < 4.78 is 6.35. The summed E-state index contributed by atoms with van der Waals surface area (Å²) in [7, 11) is -2.02. The van der Waals surface area contributed by atoms with E-state index in [2.05, 4.69) is 44.5 Å². The molecule has 1 aliphatic rings. The lowest BCUT2D eigenvalue weighted by Crippen LogP contribution is -2.64. The average Bonchev–Trinajstić information content (AvgIpc) is 2.52. The fraction of sp³-hybridized carbons (Fsp3) is 0.550. The number of hydrogen-bond donors (Lipinski definition) is 3. The Hall–Kier alpha value is -2.19. The topological polar surface area (TPSA) is 105 Å². The van der Waals surface area contributed by atoms with Crippen molar-refractivity contribution < 1.29 is 23.9 Å². The predicted molar refractivity (Wildman–Crippen MR) is 110 cm³/mol. The van der Waals surface area contributed by atoms with Crippen molar-refractivity contribution in [3.05, 3.63) is 29.8 Å². The second-order valence-corrected chi connectivity index (χ2v) is 13.6. The fourth-order valence-electron chi connectivity index (χ4n) is 3.07. The second kappa shape index (κ2) is 8.04. The van der Waals surface area contributed by atoms with Crippen molar-refractivity contribution in [2.45, 2.75) is 64.4 Å². The molecule has 0 aliphatic carbocycles. The van der Waals surface area contributed by atoms with Crippen molar-refractivity contribution in [3.63, 3.8) is 0 Å². The van der Waals surface area contributed by atoms with Crippen LogP contribution in [0.5, 0.6) is 0 Å². The lowest BCUT2D eigenvalue weighted by molar-refractivity contribution is -0.139. The van der Waals surface area contributed by atoms with Crippen LogP contribution in [0.2, 0.25) is 18.1 Å². The number of β-lactam (4-membered cyclic amide) rings is 1. The molecule has 0 saturated carbocycles. The van der Waals surface area contributed by atoms with Crippen LogP contribution in [0.3, 0.4) is 0 Å². The van der Waals surface area contributed by atoms with Gasteiger partial charge in [0.2, 0.25) is 5.91 Å². The summed E-state index contributed by atoms with van der Waals surface area (Å²) in [4.78, 5) is 35.4. The third-order valence-corrected chi connectivity index (χ3v) is 10.3. The molecule has 1 heterocycles. The molecule has 7 nitrogen and oxygen atoms in total. The second-order valence-electron chi connectivity index (χ2n) is 8.86. The van der Waals surface area contributed by atoms with Gasteiger partial charge < -0.3 is 14.8 Å². The van der Waals surface area contributed by atoms with Crippen molar-refractivity contribution in [1.29, 1.82) is 0 Å². The van der Waals surface area contributed by atoms with Gasteiger partial charge in [-0.15, -0.1) is 0 Å². The third kappa shape index (κ3) is 4.99. The maximum absolute atomic E-state index is 12.6. The summed E-state index contributed by atoms with van der Waals surface area (Å²) >= 11 is 0. The Kier molecular flexibility index (Phi) is 6.35. The highest BCUT2D eigenvalue weighted by Gasteiger charge is 2.47. The minimum Gasteiger partial charge on any atom is -0.465 e. The van der Waals surface area contributed by atoms with Gasteiger partial charge in [0.25, 0.3) is 0 Å². The minimum absolute atomic E-state index is 0.0402. The van der Waals surface area contributed by atoms with Gasteiger partial charge in [-0.1, -0.05) is 20.8 Å². The lowest BCUT2D eigenvalue weighted by atomic mass is 9.82. The average molecular weight is 407 g/mol. The number of rotatable bonds is 7. The first kappa shape index (κ1) is 22.1. The molecule has 8 heteroatoms. The van der Waals surface area contributed by atoms with E-state index >= 15 is 0 Å². The van der Waals surface area contributed by atoms with Crippen LogP contribution in [-0.4, -0.2) is 43.4 Å². The zero-order valence-corrected chi connectivity index (χ0v) is 18.3. The molecule has 3 N–H and O–H groups in total. The van der Waals surface area contributed by atoms with Crippen LogP contribution in [0.1, 0.15) is 44.5 Å². The van der Waals surface area contributed by atoms with Crippen LogP contribution in [0, 0.1) is 5.92 Å². The molecule has 154 valence electrons. The van der Waals surface area contributed by atoms with Gasteiger partial charge in [0.1, 0.15) is 0 Å². The van der Waals surface area contributed by atoms with Gasteiger partial charge in [0.15, 0.2) is 14.1 Å². The van der Waals surface area contributed by atoms with E-state index in [0.717, 1.165) is 0 Å². The SMILES string of the molecule is C[C@@H](O[Si](C)(C)C(C)(C)C)[C@H]1C(=O)N[C@@H]1CC(=O)c1ccc(NC(=O)O)cc1. The Morgan fingerprint density at radius 1 is 1.25 bits per heavy atom. The number of carboxylic acid groups (broad SMARTS) is 1. The van der Waals surface area contributed by atoms with E-state index < -0.39 is 14.4 Å². The van der Waals surface area contributed by atoms with Gasteiger partial charge in [-0.05, 0) is 49.3 Å². The smallest absolute Gasteiger partial charge is 0.409 e. The van der Waals surface area contributed by atoms with Crippen LogP contribution in [0.4, 0.5) is 10.5 Å². The van der Waals surface area contributed by atoms with E-state index in [4.69, 9.17) is 9.53 Å². The largest absolute Gasteiger partial charge is 0.465 e. The van der Waals surface area contributed by atoms with Crippen molar-refractivity contribution >= 4 is 31.8 Å². The van der Waals surface area contributed by atoms with Crippen molar-refractivity contribution in [1.82, 2.24) is 5.32 Å². The van der Waals surface area contributed by atoms with Crippen molar-refractivity contribution in [2.24, 2.45) is 5.92 Å². The third-order valence-electron chi connectivity index (χ3n) is 5.72. The molecule has 0 spiro atoms. The van der Waals surface area contributed by atoms with E-state index in [0.29, 0.717) is 11.3 Å². The molecular weight excluding hydrogens is 376 g/mol. The van der Waals surface area contributed by atoms with Crippen LogP contribution >= 0.6 is 0 Å². The lowest BCUT2D eigenvalue weighted by Gasteiger charge is -2.45. The highest BCUT2D eigenvalue weighted by molar-refractivity contribution is 6.74. The first-order chi connectivity index (χ1) is 12.8. The molecule has 3 atom stereocenters. The zero-order chi connectivity index (χ0) is 21.3. The molecule has 2 rings (SSSR count). The summed E-state index contributed by atoms with van der Waals surface area (Å²) in [5, 5.41) is 13.8. The molecule has 1 aliphatic heterocycles. The Labute approximate surface area is 167 Å². The highest BCUT2D eigenvalue weighted by Crippen LogP contribution is 2.39. The predicted octanol–water partition coefficient (Wildman–Crippen LogP) is 3.87. The molecule has 1 saturated heterocycles. The number of nitrogens with one attached hydrogen (secondary N) is 2. The maximum Gasteiger partial charge on any atom is 0.409 e. The monoisotopic (exact) mass is 406 g/mol. The van der Waals surface area contributed by atoms with Gasteiger partial charge in [0, 0.05) is 17.7 Å². The first-order valence-corrected chi connectivity index (χ1v) is 12.3. The van der Waals surface area contributed by atoms with E-state index in [1.165, 1.54) is 0 Å². The molecule has 1 aromatic carbocycles. The van der Waals surface area contributed by atoms with Gasteiger partial charge in [-0.2, -0.15) is 0 Å². The Morgan fingerprint density at radius 3 is 2.29 bits per heavy atom. The summed E-state index contributed by atoms with van der Waals surface area (Å²) in [6, 6.07) is 6.00. The molecule has 2 amide bonds. The van der Waals surface area contributed by atoms with Gasteiger partial charge in [-0.3, -0.25) is 14.9 Å². The van der Waals surface area contributed by atoms with Gasteiger partial charge in [0.05, 0.1) is 18.1 Å². The Bertz CT molecular complexity index is 755. The van der Waals surface area contributed by atoms with Gasteiger partial charge in [-0.25, -0.2) is 4.79 Å². The van der Waals surface area contributed by atoms with Crippen LogP contribution in [0.15, 0.2) is 24.3 Å². The standard InChI is InChI=1S/C20H30N2O5Si/c1-12(27-28(5,6)20(2,3)4)17-15(22-18(17)24)11-16(23)13-7-9-14(10-8-13)21-19(25)26/h7-10,12,15,17,21H,11H2,1-6H3,(H,22,24)(H,25,26)/t12-,15-,17-/m1/s1. The number of Topliss-reactive ketones (excluding diaryl/α,β-unsaturated/α-hetero) is 1. The molecule has 0 aromatic heterocycles. The molecule has 1 aromatic rings. The number of amides is 2. The summed E-state index contributed by atoms with van der Waals surface area (Å²) in [5.74, 6) is -0.521. The molecule has 0 bridgehead atoms. The molecule has 0 radical (unpaired) electrons. The number of carbonyl (C=O) groups is 3. The number of anilines is 1. The van der Waals surface area contributed by atoms with Crippen LogP contribution in [-0.2, 0) is 9.22 Å². The highest BCUT2D eigenvalue weighted by atomic mass is 28.4. The van der Waals surface area contributed by atoms with Gasteiger partial charge >= 0.3 is 6.09 Å². The van der Waals surface area contributed by atoms with Crippen LogP contribution < -0.4 is 10.6 Å². The number of benzene rings is 1. The maximum atomic E-state index is 12.6. The number of ketones is 1. The van der Waals surface area contributed by atoms with Crippen LogP contribution in [0.25, 0.3) is 0 Å². The van der Waals surface area contributed by atoms with E-state index in [-0.39, 0.29) is 41.2 Å². The summed E-state index contributed by atoms with van der Waals surface area (Å²) in [5.41, 5.74) is 0.879. The minimum atomic E-state index is -2.02. The summed E-state index contributed by atoms with van der Waals surface area (Å²) in [6.07, 6.45) is -1.22. The van der Waals surface area contributed by atoms with E-state index in [9.17, 15) is 14.4 Å². The fourth-order valence-corrected chi connectivity index (χ4v) is 4.50.